The van der Waals surface area contributed by atoms with Crippen molar-refractivity contribution in [2.24, 2.45) is 16.6 Å². The largest absolute Gasteiger partial charge is 0.370 e. The molecule has 0 aromatic heterocycles. The number of primary amides is 1. The van der Waals surface area contributed by atoms with Gasteiger partial charge in [-0.1, -0.05) is 12.1 Å². The molecule has 0 spiro atoms. The fraction of sp³-hybridized carbons (Fsp3) is 0.524. The number of piperazine rings is 1. The molecule has 0 bridgehead atoms. The summed E-state index contributed by atoms with van der Waals surface area (Å²) in [6.07, 6.45) is 2.41. The van der Waals surface area contributed by atoms with Gasteiger partial charge in [-0.2, -0.15) is 0 Å². The predicted octanol–water partition coefficient (Wildman–Crippen LogP) is 0.539. The van der Waals surface area contributed by atoms with E-state index in [1.165, 1.54) is 0 Å². The van der Waals surface area contributed by atoms with E-state index in [2.05, 4.69) is 20.5 Å². The van der Waals surface area contributed by atoms with E-state index in [9.17, 15) is 14.4 Å². The first kappa shape index (κ1) is 24.9. The molecule has 2 saturated heterocycles. The van der Waals surface area contributed by atoms with Crippen molar-refractivity contribution in [3.8, 4) is 0 Å². The van der Waals surface area contributed by atoms with Crippen molar-refractivity contribution in [2.75, 3.05) is 39.8 Å². The Kier molecular flexibility index (Phi) is 9.53. The average Bonchev–Trinajstić information content (AvgIpc) is 2.74. The number of nitrogens with one attached hydrogen (secondary N) is 2. The molecule has 31 heavy (non-hydrogen) atoms. The summed E-state index contributed by atoms with van der Waals surface area (Å²) in [5, 5.41) is 6.08. The van der Waals surface area contributed by atoms with Gasteiger partial charge in [-0.25, -0.2) is 0 Å². The average molecular weight is 542 g/mol. The van der Waals surface area contributed by atoms with Crippen LogP contribution in [0.4, 0.5) is 0 Å². The number of hydrogen-bond donors (Lipinski definition) is 3. The number of guanidine groups is 1. The Bertz CT molecular complexity index is 814. The summed E-state index contributed by atoms with van der Waals surface area (Å²) < 4.78 is 0. The number of piperidine rings is 1. The first-order valence-electron chi connectivity index (χ1n) is 10.3. The Morgan fingerprint density at radius 2 is 1.97 bits per heavy atom. The van der Waals surface area contributed by atoms with Crippen LogP contribution in [0.3, 0.4) is 0 Å². The molecule has 2 fully saturated rings. The highest BCUT2D eigenvalue weighted by Gasteiger charge is 2.24. The van der Waals surface area contributed by atoms with Crippen molar-refractivity contribution in [1.82, 2.24) is 20.4 Å². The van der Waals surface area contributed by atoms with Crippen LogP contribution in [0, 0.1) is 5.92 Å². The van der Waals surface area contributed by atoms with Gasteiger partial charge in [0, 0.05) is 51.8 Å². The molecule has 9 nitrogen and oxygen atoms in total. The monoisotopic (exact) mass is 542 g/mol. The van der Waals surface area contributed by atoms with Crippen molar-refractivity contribution in [3.05, 3.63) is 35.4 Å². The number of amides is 3. The second-order valence-corrected chi connectivity index (χ2v) is 7.80. The van der Waals surface area contributed by atoms with Crippen molar-refractivity contribution in [3.63, 3.8) is 0 Å². The number of carbonyl (C=O) groups excluding carboxylic acids is 3. The topological polar surface area (TPSA) is 120 Å². The maximum Gasteiger partial charge on any atom is 0.254 e. The Balaban J connectivity index is 0.00000341. The maximum atomic E-state index is 12.6. The van der Waals surface area contributed by atoms with Crippen LogP contribution < -0.4 is 16.4 Å². The molecule has 1 aromatic carbocycles. The highest BCUT2D eigenvalue weighted by Crippen LogP contribution is 2.19. The number of rotatable bonds is 5. The molecule has 0 saturated carbocycles. The molecule has 1 unspecified atom stereocenters. The standard InChI is InChI=1S/C21H30N6O3.HI/c1-23-21(27-9-2-3-16(13-27)11-18(22)28)25-12-15-4-6-17(7-5-15)20(30)26-10-8-24-19(29)14-26;/h4-7,16H,2-3,8-14H2,1H3,(H2,22,28)(H,23,25)(H,24,29);1H. The molecule has 3 amide bonds. The molecule has 0 radical (unpaired) electrons. The number of nitrogens with zero attached hydrogens (tertiary/aromatic N) is 3. The first-order chi connectivity index (χ1) is 14.5. The van der Waals surface area contributed by atoms with Gasteiger partial charge in [-0.05, 0) is 36.5 Å². The molecule has 2 aliphatic heterocycles. The van der Waals surface area contributed by atoms with E-state index < -0.39 is 0 Å². The van der Waals surface area contributed by atoms with Gasteiger partial charge in [0.1, 0.15) is 0 Å². The number of carbonyl (C=O) groups is 3. The van der Waals surface area contributed by atoms with Crippen LogP contribution in [0.25, 0.3) is 0 Å². The summed E-state index contributed by atoms with van der Waals surface area (Å²) in [7, 11) is 1.75. The van der Waals surface area contributed by atoms with Crippen LogP contribution in [0.15, 0.2) is 29.3 Å². The third-order valence-electron chi connectivity index (χ3n) is 5.50. The van der Waals surface area contributed by atoms with Gasteiger partial charge in [0.05, 0.1) is 6.54 Å². The normalized spacial score (nSPS) is 19.3. The lowest BCUT2D eigenvalue weighted by atomic mass is 9.95. The van der Waals surface area contributed by atoms with E-state index in [1.54, 1.807) is 24.1 Å². The highest BCUT2D eigenvalue weighted by atomic mass is 127. The zero-order valence-corrected chi connectivity index (χ0v) is 20.1. The van der Waals surface area contributed by atoms with E-state index in [-0.39, 0.29) is 54.2 Å². The van der Waals surface area contributed by atoms with Gasteiger partial charge in [0.15, 0.2) is 5.96 Å². The van der Waals surface area contributed by atoms with E-state index in [1.807, 2.05) is 12.1 Å². The molecule has 3 rings (SSSR count). The molecule has 0 aliphatic carbocycles. The third-order valence-corrected chi connectivity index (χ3v) is 5.50. The molecule has 2 heterocycles. The second kappa shape index (κ2) is 11.9. The van der Waals surface area contributed by atoms with Crippen LogP contribution in [-0.4, -0.2) is 73.3 Å². The number of hydrogen-bond acceptors (Lipinski definition) is 4. The summed E-state index contributed by atoms with van der Waals surface area (Å²) >= 11 is 0. The molecular formula is C21H31IN6O3. The Labute approximate surface area is 199 Å². The molecule has 170 valence electrons. The molecule has 10 heteroatoms. The van der Waals surface area contributed by atoms with Gasteiger partial charge in [-0.15, -0.1) is 24.0 Å². The van der Waals surface area contributed by atoms with Gasteiger partial charge in [0.25, 0.3) is 5.91 Å². The summed E-state index contributed by atoms with van der Waals surface area (Å²) in [5.41, 5.74) is 6.95. The van der Waals surface area contributed by atoms with Crippen LogP contribution >= 0.6 is 24.0 Å². The third kappa shape index (κ3) is 7.08. The fourth-order valence-electron chi connectivity index (χ4n) is 3.98. The van der Waals surface area contributed by atoms with Crippen LogP contribution in [0.1, 0.15) is 35.2 Å². The maximum absolute atomic E-state index is 12.6. The summed E-state index contributed by atoms with van der Waals surface area (Å²) in [5.74, 6) is 0.539. The molecule has 2 aliphatic rings. The Morgan fingerprint density at radius 3 is 2.61 bits per heavy atom. The highest BCUT2D eigenvalue weighted by molar-refractivity contribution is 14.0. The number of likely N-dealkylation sites (tertiary alicyclic amines) is 1. The Hall–Kier alpha value is -2.37. The second-order valence-electron chi connectivity index (χ2n) is 7.80. The number of halogens is 1. The van der Waals surface area contributed by atoms with Crippen LogP contribution in [0.2, 0.25) is 0 Å². The summed E-state index contributed by atoms with van der Waals surface area (Å²) in [4.78, 5) is 43.4. The number of aliphatic imine (C=N–C) groups is 1. The lowest BCUT2D eigenvalue weighted by Crippen LogP contribution is -2.49. The zero-order valence-electron chi connectivity index (χ0n) is 17.8. The predicted molar refractivity (Wildman–Crippen MR) is 129 cm³/mol. The molecule has 1 aromatic rings. The van der Waals surface area contributed by atoms with Crippen LogP contribution in [-0.2, 0) is 16.1 Å². The lowest BCUT2D eigenvalue weighted by Gasteiger charge is -2.34. The number of benzene rings is 1. The minimum absolute atomic E-state index is 0. The first-order valence-corrected chi connectivity index (χ1v) is 10.3. The minimum Gasteiger partial charge on any atom is -0.370 e. The van der Waals surface area contributed by atoms with Crippen LogP contribution in [0.5, 0.6) is 0 Å². The zero-order chi connectivity index (χ0) is 21.5. The summed E-state index contributed by atoms with van der Waals surface area (Å²) in [6.45, 7) is 3.35. The fourth-order valence-corrected chi connectivity index (χ4v) is 3.98. The van der Waals surface area contributed by atoms with E-state index in [0.717, 1.165) is 37.5 Å². The SMILES string of the molecule is CN=C(NCc1ccc(C(=O)N2CCNC(=O)C2)cc1)N1CCCC(CC(N)=O)C1.I. The quantitative estimate of drug-likeness (QED) is 0.285. The van der Waals surface area contributed by atoms with E-state index in [0.29, 0.717) is 31.6 Å². The lowest BCUT2D eigenvalue weighted by molar-refractivity contribution is -0.123. The molecular weight excluding hydrogens is 511 g/mol. The smallest absolute Gasteiger partial charge is 0.254 e. The summed E-state index contributed by atoms with van der Waals surface area (Å²) in [6, 6.07) is 7.39. The Morgan fingerprint density at radius 1 is 1.23 bits per heavy atom. The van der Waals surface area contributed by atoms with Gasteiger partial charge >= 0.3 is 0 Å². The van der Waals surface area contributed by atoms with Crippen molar-refractivity contribution in [2.45, 2.75) is 25.8 Å². The molecule has 1 atom stereocenters. The molecule has 4 N–H and O–H groups in total. The minimum atomic E-state index is -0.260. The van der Waals surface area contributed by atoms with Crippen molar-refractivity contribution < 1.29 is 14.4 Å². The van der Waals surface area contributed by atoms with Gasteiger partial charge < -0.3 is 26.2 Å². The van der Waals surface area contributed by atoms with Crippen molar-refractivity contribution >= 4 is 47.7 Å². The van der Waals surface area contributed by atoms with Gasteiger partial charge in [0.2, 0.25) is 11.8 Å². The number of nitrogens with two attached hydrogens (primary N) is 1. The van der Waals surface area contributed by atoms with E-state index >= 15 is 0 Å². The van der Waals surface area contributed by atoms with Gasteiger partial charge in [-0.3, -0.25) is 19.4 Å². The van der Waals surface area contributed by atoms with Crippen molar-refractivity contribution in [1.29, 1.82) is 0 Å². The van der Waals surface area contributed by atoms with E-state index in [4.69, 9.17) is 5.73 Å².